The van der Waals surface area contributed by atoms with Crippen molar-refractivity contribution < 1.29 is 14.5 Å². The van der Waals surface area contributed by atoms with E-state index in [1.54, 1.807) is 35.2 Å². The first-order valence-electron chi connectivity index (χ1n) is 11.3. The molecule has 0 unspecified atom stereocenters. The highest BCUT2D eigenvalue weighted by atomic mass is 32.2. The number of thiazole rings is 1. The number of para-hydroxylation sites is 2. The van der Waals surface area contributed by atoms with Gasteiger partial charge in [-0.25, -0.2) is 4.79 Å². The summed E-state index contributed by atoms with van der Waals surface area (Å²) in [6.07, 6.45) is 4.28. The van der Waals surface area contributed by atoms with Gasteiger partial charge in [0, 0.05) is 23.6 Å². The molecule has 0 aliphatic carbocycles. The fraction of sp³-hybridized carbons (Fsp3) is 0.143. The molecular formula is C28H25N2O2S2+. The Morgan fingerprint density at radius 3 is 2.44 bits per heavy atom. The summed E-state index contributed by atoms with van der Waals surface area (Å²) >= 11 is 3.45. The highest BCUT2D eigenvalue weighted by Gasteiger charge is 2.25. The van der Waals surface area contributed by atoms with E-state index in [9.17, 15) is 9.90 Å². The van der Waals surface area contributed by atoms with Gasteiger partial charge in [-0.3, -0.25) is 0 Å². The molecular weight excluding hydrogens is 460 g/mol. The van der Waals surface area contributed by atoms with E-state index in [0.717, 1.165) is 34.3 Å². The molecule has 0 amide bonds. The Hall–Kier alpha value is -3.35. The van der Waals surface area contributed by atoms with Gasteiger partial charge in [-0.15, -0.1) is 0 Å². The lowest BCUT2D eigenvalue weighted by atomic mass is 9.99. The van der Waals surface area contributed by atoms with E-state index in [2.05, 4.69) is 84.0 Å². The normalized spacial score (nSPS) is 14.7. The van der Waals surface area contributed by atoms with Gasteiger partial charge in [0.1, 0.15) is 11.2 Å². The highest BCUT2D eigenvalue weighted by Crippen LogP contribution is 2.46. The quantitative estimate of drug-likeness (QED) is 0.301. The molecule has 0 radical (unpaired) electrons. The summed E-state index contributed by atoms with van der Waals surface area (Å²) in [6.45, 7) is 5.95. The van der Waals surface area contributed by atoms with Crippen molar-refractivity contribution in [1.29, 1.82) is 0 Å². The second-order valence-corrected chi connectivity index (χ2v) is 10.0. The Balaban J connectivity index is 1.72. The molecule has 0 spiro atoms. The van der Waals surface area contributed by atoms with Crippen molar-refractivity contribution >= 4 is 56.6 Å². The molecule has 34 heavy (non-hydrogen) atoms. The summed E-state index contributed by atoms with van der Waals surface area (Å²) < 4.78 is 3.50. The van der Waals surface area contributed by atoms with E-state index in [-0.39, 0.29) is 0 Å². The molecule has 1 aromatic heterocycles. The number of benzene rings is 3. The largest absolute Gasteiger partial charge is 0.478 e. The number of allylic oxidation sites excluding steroid dienone is 2. The molecule has 6 heteroatoms. The molecule has 0 saturated heterocycles. The van der Waals surface area contributed by atoms with Gasteiger partial charge in [-0.1, -0.05) is 65.6 Å². The summed E-state index contributed by atoms with van der Waals surface area (Å²) in [5.74, 6) is -0.922. The van der Waals surface area contributed by atoms with Crippen molar-refractivity contribution in [2.45, 2.75) is 25.3 Å². The summed E-state index contributed by atoms with van der Waals surface area (Å²) in [6, 6.07) is 24.0. The van der Waals surface area contributed by atoms with Crippen LogP contribution in [-0.2, 0) is 6.54 Å². The van der Waals surface area contributed by atoms with Gasteiger partial charge in [-0.05, 0) is 55.3 Å². The van der Waals surface area contributed by atoms with Crippen molar-refractivity contribution in [2.75, 3.05) is 11.4 Å². The van der Waals surface area contributed by atoms with Crippen LogP contribution >= 0.6 is 23.1 Å². The first-order valence-corrected chi connectivity index (χ1v) is 13.0. The number of carboxylic acid groups (broad SMARTS) is 1. The van der Waals surface area contributed by atoms with Gasteiger partial charge in [0.25, 0.3) is 5.01 Å². The molecule has 4 nitrogen and oxygen atoms in total. The van der Waals surface area contributed by atoms with Crippen LogP contribution in [0.15, 0.2) is 88.8 Å². The number of aromatic carboxylic acids is 1. The number of anilines is 1. The predicted molar refractivity (Wildman–Crippen MR) is 142 cm³/mol. The van der Waals surface area contributed by atoms with Gasteiger partial charge in [-0.2, -0.15) is 4.57 Å². The number of hydrogen-bond acceptors (Lipinski definition) is 4. The average molecular weight is 486 g/mol. The van der Waals surface area contributed by atoms with Crippen molar-refractivity contribution in [3.8, 4) is 0 Å². The lowest BCUT2D eigenvalue weighted by Crippen LogP contribution is -2.33. The number of rotatable bonds is 6. The van der Waals surface area contributed by atoms with Crippen LogP contribution in [-0.4, -0.2) is 17.6 Å². The maximum absolute atomic E-state index is 12.1. The third-order valence-electron chi connectivity index (χ3n) is 5.93. The van der Waals surface area contributed by atoms with Crippen molar-refractivity contribution in [3.63, 3.8) is 0 Å². The maximum atomic E-state index is 12.1. The van der Waals surface area contributed by atoms with Gasteiger partial charge in [0.2, 0.25) is 5.52 Å². The SMILES string of the molecule is CCN1C(=CC(=Cc2sc3ccccc3[n+]2CC)c2ccccc2C(=O)O)Sc2ccccc21. The van der Waals surface area contributed by atoms with E-state index in [4.69, 9.17) is 0 Å². The third-order valence-corrected chi connectivity index (χ3v) is 8.16. The fourth-order valence-electron chi connectivity index (χ4n) is 4.36. The summed E-state index contributed by atoms with van der Waals surface area (Å²) in [7, 11) is 0. The molecule has 0 bridgehead atoms. The van der Waals surface area contributed by atoms with Crippen LogP contribution in [0.25, 0.3) is 21.9 Å². The Bertz CT molecular complexity index is 1450. The molecule has 170 valence electrons. The molecule has 5 rings (SSSR count). The van der Waals surface area contributed by atoms with Crippen LogP contribution in [0.2, 0.25) is 0 Å². The Kier molecular flexibility index (Phi) is 6.26. The number of carboxylic acids is 1. The second-order valence-electron chi connectivity index (χ2n) is 7.90. The summed E-state index contributed by atoms with van der Waals surface area (Å²) in [4.78, 5) is 15.6. The van der Waals surface area contributed by atoms with Gasteiger partial charge >= 0.3 is 5.97 Å². The van der Waals surface area contributed by atoms with Gasteiger partial charge < -0.3 is 10.0 Å². The van der Waals surface area contributed by atoms with E-state index < -0.39 is 5.97 Å². The van der Waals surface area contributed by atoms with E-state index in [1.165, 1.54) is 20.8 Å². The average Bonchev–Trinajstić information content (AvgIpc) is 3.40. The molecule has 0 fully saturated rings. The molecule has 1 N–H and O–H groups in total. The standard InChI is InChI=1S/C28H24N2O2S2/c1-3-29-22-13-7-9-15-24(22)33-26(29)17-19(20-11-5-6-12-21(20)28(31)32)18-27-30(4-2)23-14-8-10-16-25(23)34-27/h5-18H,3-4H2,1-2H3/p+1. The zero-order valence-electron chi connectivity index (χ0n) is 19.1. The number of aryl methyl sites for hydroxylation is 1. The smallest absolute Gasteiger partial charge is 0.336 e. The monoisotopic (exact) mass is 485 g/mol. The van der Waals surface area contributed by atoms with Crippen molar-refractivity contribution in [3.05, 3.63) is 100 Å². The van der Waals surface area contributed by atoms with Crippen LogP contribution < -0.4 is 9.47 Å². The zero-order valence-corrected chi connectivity index (χ0v) is 20.7. The lowest BCUT2D eigenvalue weighted by Gasteiger charge is -2.18. The molecule has 3 aromatic carbocycles. The minimum Gasteiger partial charge on any atom is -0.478 e. The molecule has 0 saturated carbocycles. The van der Waals surface area contributed by atoms with Crippen LogP contribution in [0, 0.1) is 0 Å². The highest BCUT2D eigenvalue weighted by molar-refractivity contribution is 8.03. The number of nitrogens with zero attached hydrogens (tertiary/aromatic N) is 2. The van der Waals surface area contributed by atoms with Crippen LogP contribution in [0.1, 0.15) is 34.8 Å². The van der Waals surface area contributed by atoms with Crippen LogP contribution in [0.5, 0.6) is 0 Å². The molecule has 2 heterocycles. The first kappa shape index (κ1) is 22.4. The van der Waals surface area contributed by atoms with E-state index >= 15 is 0 Å². The molecule has 0 atom stereocenters. The molecule has 1 aliphatic heterocycles. The Labute approximate surface area is 207 Å². The van der Waals surface area contributed by atoms with Crippen LogP contribution in [0.3, 0.4) is 0 Å². The van der Waals surface area contributed by atoms with Gasteiger partial charge in [0.05, 0.1) is 16.3 Å². The van der Waals surface area contributed by atoms with Gasteiger partial charge in [0.15, 0.2) is 0 Å². The number of hydrogen-bond donors (Lipinski definition) is 1. The second kappa shape index (κ2) is 9.49. The summed E-state index contributed by atoms with van der Waals surface area (Å²) in [5.41, 5.74) is 4.30. The minimum absolute atomic E-state index is 0.304. The molecule has 4 aromatic rings. The Morgan fingerprint density at radius 1 is 0.971 bits per heavy atom. The van der Waals surface area contributed by atoms with Crippen LogP contribution in [0.4, 0.5) is 5.69 Å². The number of fused-ring (bicyclic) bond motifs is 2. The summed E-state index contributed by atoms with van der Waals surface area (Å²) in [5, 5.41) is 12.1. The third kappa shape index (κ3) is 4.04. The van der Waals surface area contributed by atoms with E-state index in [1.807, 2.05) is 12.1 Å². The number of thioether (sulfide) groups is 1. The lowest BCUT2D eigenvalue weighted by molar-refractivity contribution is -0.665. The topological polar surface area (TPSA) is 44.4 Å². The first-order chi connectivity index (χ1) is 16.6. The van der Waals surface area contributed by atoms with Crippen molar-refractivity contribution in [1.82, 2.24) is 0 Å². The number of aromatic nitrogens is 1. The Morgan fingerprint density at radius 2 is 1.68 bits per heavy atom. The number of carbonyl (C=O) groups is 1. The van der Waals surface area contributed by atoms with E-state index in [0.29, 0.717) is 5.56 Å². The predicted octanol–water partition coefficient (Wildman–Crippen LogP) is 6.92. The van der Waals surface area contributed by atoms with Crippen molar-refractivity contribution in [2.24, 2.45) is 0 Å². The molecule has 1 aliphatic rings. The maximum Gasteiger partial charge on any atom is 0.336 e. The fourth-order valence-corrected chi connectivity index (χ4v) is 6.71. The zero-order chi connectivity index (χ0) is 23.7. The minimum atomic E-state index is -0.922.